The first-order valence-electron chi connectivity index (χ1n) is 9.65. The Labute approximate surface area is 188 Å². The molecule has 1 aromatic heterocycles. The van der Waals surface area contributed by atoms with E-state index < -0.39 is 14.8 Å². The van der Waals surface area contributed by atoms with Crippen molar-refractivity contribution in [3.05, 3.63) is 107 Å². The first kappa shape index (κ1) is 21.8. The van der Waals surface area contributed by atoms with Gasteiger partial charge in [0, 0.05) is 23.4 Å². The van der Waals surface area contributed by atoms with Gasteiger partial charge in [-0.3, -0.25) is 14.9 Å². The lowest BCUT2D eigenvalue weighted by Gasteiger charge is -2.08. The predicted octanol–water partition coefficient (Wildman–Crippen LogP) is 3.32. The summed E-state index contributed by atoms with van der Waals surface area (Å²) in [5.41, 5.74) is 1.63. The number of non-ortho nitro benzene ring substituents is 1. The number of nitro benzene ring substituents is 1. The average Bonchev–Trinajstić information content (AvgIpc) is 3.33. The average molecular weight is 463 g/mol. The highest BCUT2D eigenvalue weighted by Crippen LogP contribution is 2.24. The van der Waals surface area contributed by atoms with Gasteiger partial charge in [-0.1, -0.05) is 12.1 Å². The fourth-order valence-electron chi connectivity index (χ4n) is 3.07. The monoisotopic (exact) mass is 463 g/mol. The fraction of sp³-hybridized carbons (Fsp3) is 0.0455. The smallest absolute Gasteiger partial charge is 0.269 e. The van der Waals surface area contributed by atoms with E-state index in [1.165, 1.54) is 42.7 Å². The fourth-order valence-corrected chi connectivity index (χ4v) is 4.33. The van der Waals surface area contributed by atoms with Gasteiger partial charge in [0.25, 0.3) is 11.6 Å². The number of hydrogen-bond acceptors (Lipinski definition) is 7. The van der Waals surface area contributed by atoms with Crippen LogP contribution in [0.1, 0.15) is 15.9 Å². The Bertz CT molecular complexity index is 1380. The summed E-state index contributed by atoms with van der Waals surface area (Å²) in [4.78, 5) is 26.5. The number of nitrogens with one attached hydrogen (secondary N) is 1. The zero-order chi connectivity index (χ0) is 23.4. The van der Waals surface area contributed by atoms with Crippen molar-refractivity contribution in [1.29, 1.82) is 0 Å². The van der Waals surface area contributed by atoms with Crippen LogP contribution in [0.15, 0.2) is 95.2 Å². The minimum absolute atomic E-state index is 0.00631. The predicted molar refractivity (Wildman–Crippen MR) is 119 cm³/mol. The molecule has 0 aliphatic heterocycles. The molecule has 0 aliphatic carbocycles. The van der Waals surface area contributed by atoms with Crippen LogP contribution in [0.25, 0.3) is 0 Å². The summed E-state index contributed by atoms with van der Waals surface area (Å²) in [6, 6.07) is 17.4. The van der Waals surface area contributed by atoms with E-state index in [1.807, 2.05) is 12.1 Å². The number of hydrogen-bond donors (Lipinski definition) is 1. The molecule has 1 amide bonds. The summed E-state index contributed by atoms with van der Waals surface area (Å²) in [7, 11) is -3.85. The van der Waals surface area contributed by atoms with Crippen LogP contribution in [-0.4, -0.2) is 34.0 Å². The third kappa shape index (κ3) is 4.93. The second-order valence-corrected chi connectivity index (χ2v) is 8.97. The number of anilines is 1. The Hall–Kier alpha value is -4.38. The molecule has 0 spiro atoms. The van der Waals surface area contributed by atoms with E-state index in [0.717, 1.165) is 17.7 Å². The highest BCUT2D eigenvalue weighted by molar-refractivity contribution is 7.91. The van der Waals surface area contributed by atoms with Crippen LogP contribution in [0, 0.1) is 10.1 Å². The molecule has 0 atom stereocenters. The van der Waals surface area contributed by atoms with Crippen LogP contribution < -0.4 is 5.32 Å². The molecule has 0 radical (unpaired) electrons. The van der Waals surface area contributed by atoms with E-state index in [0.29, 0.717) is 17.8 Å². The van der Waals surface area contributed by atoms with Gasteiger partial charge in [-0.05, 0) is 54.1 Å². The van der Waals surface area contributed by atoms with Crippen LogP contribution in [0.3, 0.4) is 0 Å². The van der Waals surface area contributed by atoms with Crippen molar-refractivity contribution in [3.63, 3.8) is 0 Å². The number of carbonyl (C=O) groups excluding carboxylic acids is 1. The highest BCUT2D eigenvalue weighted by atomic mass is 32.2. The second-order valence-electron chi connectivity index (χ2n) is 7.02. The van der Waals surface area contributed by atoms with Crippen molar-refractivity contribution >= 4 is 27.1 Å². The van der Waals surface area contributed by atoms with Crippen LogP contribution in [-0.2, 0) is 16.4 Å². The molecule has 0 saturated carbocycles. The number of carbonyl (C=O) groups is 1. The maximum Gasteiger partial charge on any atom is 0.269 e. The molecule has 3 aromatic carbocycles. The molecule has 4 aromatic rings. The lowest BCUT2D eigenvalue weighted by Crippen LogP contribution is -2.12. The van der Waals surface area contributed by atoms with Gasteiger partial charge in [0.1, 0.15) is 12.7 Å². The zero-order valence-corrected chi connectivity index (χ0v) is 17.8. The Morgan fingerprint density at radius 2 is 1.55 bits per heavy atom. The minimum atomic E-state index is -3.85. The largest absolute Gasteiger partial charge is 0.322 e. The maximum absolute atomic E-state index is 12.7. The van der Waals surface area contributed by atoms with Crippen molar-refractivity contribution in [1.82, 2.24) is 14.8 Å². The first-order chi connectivity index (χ1) is 15.8. The van der Waals surface area contributed by atoms with Crippen LogP contribution in [0.5, 0.6) is 0 Å². The first-order valence-corrected chi connectivity index (χ1v) is 11.1. The van der Waals surface area contributed by atoms with Crippen LogP contribution in [0.2, 0.25) is 0 Å². The van der Waals surface area contributed by atoms with Crippen molar-refractivity contribution in [3.8, 4) is 0 Å². The number of benzene rings is 3. The second kappa shape index (κ2) is 9.01. The van der Waals surface area contributed by atoms with Crippen molar-refractivity contribution in [2.45, 2.75) is 16.3 Å². The molecule has 0 bridgehead atoms. The van der Waals surface area contributed by atoms with Gasteiger partial charge < -0.3 is 5.32 Å². The molecule has 0 saturated heterocycles. The number of aromatic nitrogens is 3. The third-order valence-corrected chi connectivity index (χ3v) is 6.59. The molecule has 10 nitrogen and oxygen atoms in total. The summed E-state index contributed by atoms with van der Waals surface area (Å²) >= 11 is 0. The van der Waals surface area contributed by atoms with E-state index in [1.54, 1.807) is 23.1 Å². The van der Waals surface area contributed by atoms with Crippen molar-refractivity contribution in [2.24, 2.45) is 0 Å². The molecular weight excluding hydrogens is 446 g/mol. The van der Waals surface area contributed by atoms with E-state index in [-0.39, 0.29) is 21.4 Å². The Morgan fingerprint density at radius 1 is 0.939 bits per heavy atom. The minimum Gasteiger partial charge on any atom is -0.322 e. The molecule has 11 heteroatoms. The van der Waals surface area contributed by atoms with E-state index in [2.05, 4.69) is 15.4 Å². The lowest BCUT2D eigenvalue weighted by molar-refractivity contribution is -0.384. The topological polar surface area (TPSA) is 137 Å². The van der Waals surface area contributed by atoms with Crippen LogP contribution >= 0.6 is 0 Å². The number of nitrogens with zero attached hydrogens (tertiary/aromatic N) is 4. The molecule has 33 heavy (non-hydrogen) atoms. The maximum atomic E-state index is 12.7. The third-order valence-electron chi connectivity index (χ3n) is 4.81. The summed E-state index contributed by atoms with van der Waals surface area (Å²) in [5, 5.41) is 17.5. The van der Waals surface area contributed by atoms with Gasteiger partial charge in [0.05, 0.1) is 21.3 Å². The van der Waals surface area contributed by atoms with Crippen molar-refractivity contribution < 1.29 is 18.1 Å². The van der Waals surface area contributed by atoms with Gasteiger partial charge in [-0.15, -0.1) is 0 Å². The number of amides is 1. The summed E-state index contributed by atoms with van der Waals surface area (Å²) in [6.45, 7) is 0.534. The SMILES string of the molecule is O=C(Nc1ccc(S(=O)(=O)c2ccc([N+](=O)[O-])cc2)cc1)c1ccc(Cn2cncn2)cc1. The van der Waals surface area contributed by atoms with E-state index in [4.69, 9.17) is 0 Å². The Balaban J connectivity index is 1.43. The molecule has 1 N–H and O–H groups in total. The number of rotatable bonds is 7. The lowest BCUT2D eigenvalue weighted by atomic mass is 10.1. The number of nitro groups is 1. The van der Waals surface area contributed by atoms with E-state index in [9.17, 15) is 23.3 Å². The molecular formula is C22H17N5O5S. The molecule has 0 aliphatic rings. The Kier molecular flexibility index (Phi) is 5.96. The van der Waals surface area contributed by atoms with E-state index >= 15 is 0 Å². The quantitative estimate of drug-likeness (QED) is 0.328. The van der Waals surface area contributed by atoms with Gasteiger partial charge >= 0.3 is 0 Å². The summed E-state index contributed by atoms with van der Waals surface area (Å²) < 4.78 is 27.2. The van der Waals surface area contributed by atoms with Gasteiger partial charge in [-0.25, -0.2) is 18.1 Å². The van der Waals surface area contributed by atoms with Gasteiger partial charge in [0.15, 0.2) is 0 Å². The molecule has 1 heterocycles. The highest BCUT2D eigenvalue weighted by Gasteiger charge is 2.19. The van der Waals surface area contributed by atoms with Gasteiger partial charge in [0.2, 0.25) is 9.84 Å². The molecule has 166 valence electrons. The summed E-state index contributed by atoms with van der Waals surface area (Å²) in [6.07, 6.45) is 3.05. The summed E-state index contributed by atoms with van der Waals surface area (Å²) in [5.74, 6) is -0.340. The molecule has 0 fully saturated rings. The molecule has 4 rings (SSSR count). The number of sulfone groups is 1. The van der Waals surface area contributed by atoms with Crippen molar-refractivity contribution in [2.75, 3.05) is 5.32 Å². The Morgan fingerprint density at radius 3 is 2.09 bits per heavy atom. The molecule has 0 unspecified atom stereocenters. The zero-order valence-electron chi connectivity index (χ0n) is 17.0. The van der Waals surface area contributed by atoms with Gasteiger partial charge in [-0.2, -0.15) is 5.10 Å². The normalized spacial score (nSPS) is 11.2. The van der Waals surface area contributed by atoms with Crippen LogP contribution in [0.4, 0.5) is 11.4 Å². The standard InChI is InChI=1S/C22H17N5O5S/c28-22(17-3-1-16(2-4-17)13-26-15-23-14-24-26)25-18-5-9-20(10-6-18)33(31,32)21-11-7-19(8-12-21)27(29)30/h1-12,14-15H,13H2,(H,25,28).